The molecule has 0 bridgehead atoms. The zero-order chi connectivity index (χ0) is 18.9. The molecule has 1 N–H and O–H groups in total. The van der Waals surface area contributed by atoms with E-state index >= 15 is 0 Å². The van der Waals surface area contributed by atoms with Crippen LogP contribution in [0.1, 0.15) is 90.4 Å². The van der Waals surface area contributed by atoms with E-state index < -0.39 is 0 Å². The van der Waals surface area contributed by atoms with Gasteiger partial charge in [0.1, 0.15) is 0 Å². The van der Waals surface area contributed by atoms with Crippen LogP contribution >= 0.6 is 0 Å². The molecule has 1 rings (SSSR count). The van der Waals surface area contributed by atoms with E-state index in [4.69, 9.17) is 4.74 Å². The van der Waals surface area contributed by atoms with Gasteiger partial charge < -0.3 is 14.7 Å². The second-order valence-electron chi connectivity index (χ2n) is 7.51. The van der Waals surface area contributed by atoms with Crippen molar-refractivity contribution in [3.8, 4) is 0 Å². The van der Waals surface area contributed by atoms with E-state index in [0.29, 0.717) is 25.5 Å². The molecule has 0 aromatic rings. The number of unbranched alkanes of at least 4 members (excludes halogenated alkanes) is 8. The van der Waals surface area contributed by atoms with Crippen LogP contribution in [0.15, 0.2) is 12.2 Å². The normalized spacial score (nSPS) is 16.3. The largest absolute Gasteiger partial charge is 0.393 e. The van der Waals surface area contributed by atoms with Crippen LogP contribution in [0.25, 0.3) is 0 Å². The summed E-state index contributed by atoms with van der Waals surface area (Å²) < 4.78 is 5.27. The number of carbonyl (C=O) groups excluding carboxylic acids is 1. The molecule has 152 valence electrons. The van der Waals surface area contributed by atoms with Crippen molar-refractivity contribution in [1.29, 1.82) is 0 Å². The van der Waals surface area contributed by atoms with Gasteiger partial charge in [0.05, 0.1) is 19.3 Å². The number of morpholine rings is 1. The molecule has 26 heavy (non-hydrogen) atoms. The van der Waals surface area contributed by atoms with E-state index in [-0.39, 0.29) is 6.10 Å². The fraction of sp³-hybridized carbons (Fsp3) is 0.864. The van der Waals surface area contributed by atoms with Crippen LogP contribution in [0.4, 0.5) is 0 Å². The summed E-state index contributed by atoms with van der Waals surface area (Å²) in [6.07, 6.45) is 18.5. The number of nitrogens with zero attached hydrogens (tertiary/aromatic N) is 1. The highest BCUT2D eigenvalue weighted by Gasteiger charge is 2.15. The van der Waals surface area contributed by atoms with E-state index in [2.05, 4.69) is 19.1 Å². The molecule has 1 aliphatic rings. The van der Waals surface area contributed by atoms with Gasteiger partial charge in [0.2, 0.25) is 5.91 Å². The van der Waals surface area contributed by atoms with Crippen molar-refractivity contribution in [3.63, 3.8) is 0 Å². The minimum atomic E-state index is -0.160. The quantitative estimate of drug-likeness (QED) is 0.332. The summed E-state index contributed by atoms with van der Waals surface area (Å²) in [6, 6.07) is 0. The summed E-state index contributed by atoms with van der Waals surface area (Å²) in [7, 11) is 0. The lowest BCUT2D eigenvalue weighted by Crippen LogP contribution is -2.40. The molecule has 1 heterocycles. The molecule has 1 fully saturated rings. The van der Waals surface area contributed by atoms with E-state index in [1.165, 1.54) is 38.5 Å². The number of aliphatic hydroxyl groups is 1. The highest BCUT2D eigenvalue weighted by molar-refractivity contribution is 5.76. The van der Waals surface area contributed by atoms with Crippen LogP contribution in [0.3, 0.4) is 0 Å². The van der Waals surface area contributed by atoms with E-state index in [0.717, 1.165) is 51.6 Å². The van der Waals surface area contributed by atoms with Crippen LogP contribution in [0.5, 0.6) is 0 Å². The molecule has 1 saturated heterocycles. The third kappa shape index (κ3) is 12.5. The Labute approximate surface area is 161 Å². The topological polar surface area (TPSA) is 49.8 Å². The summed E-state index contributed by atoms with van der Waals surface area (Å²) in [5.74, 6) is 0.296. The molecule has 1 atom stereocenters. The number of hydrogen-bond donors (Lipinski definition) is 1. The maximum absolute atomic E-state index is 12.0. The number of ether oxygens (including phenoxy) is 1. The number of aliphatic hydroxyl groups excluding tert-OH is 1. The molecular weight excluding hydrogens is 326 g/mol. The number of hydrogen-bond acceptors (Lipinski definition) is 3. The highest BCUT2D eigenvalue weighted by Crippen LogP contribution is 2.11. The molecule has 1 aliphatic heterocycles. The van der Waals surface area contributed by atoms with Gasteiger partial charge in [0, 0.05) is 19.5 Å². The summed E-state index contributed by atoms with van der Waals surface area (Å²) in [4.78, 5) is 13.9. The van der Waals surface area contributed by atoms with Gasteiger partial charge in [-0.1, -0.05) is 64.0 Å². The van der Waals surface area contributed by atoms with Gasteiger partial charge in [-0.25, -0.2) is 0 Å². The summed E-state index contributed by atoms with van der Waals surface area (Å²) in [5, 5.41) is 9.90. The van der Waals surface area contributed by atoms with E-state index in [9.17, 15) is 9.90 Å². The van der Waals surface area contributed by atoms with Crippen LogP contribution in [-0.2, 0) is 9.53 Å². The lowest BCUT2D eigenvalue weighted by Gasteiger charge is -2.26. The molecule has 0 aromatic carbocycles. The standard InChI is InChI=1S/C22H41NO3/c1-2-3-4-11-14-21(24)15-12-9-7-5-6-8-10-13-16-22(25)23-17-19-26-20-18-23/h9,12,21,24H,2-8,10-11,13-20H2,1H3/b12-9+/t21-/m1/s1. The molecule has 0 radical (unpaired) electrons. The van der Waals surface area contributed by atoms with Crippen LogP contribution < -0.4 is 0 Å². The van der Waals surface area contributed by atoms with Crippen LogP contribution in [0.2, 0.25) is 0 Å². The first-order chi connectivity index (χ1) is 12.7. The predicted molar refractivity (Wildman–Crippen MR) is 108 cm³/mol. The lowest BCUT2D eigenvalue weighted by atomic mass is 10.1. The Kier molecular flexibility index (Phi) is 14.5. The van der Waals surface area contributed by atoms with Crippen molar-refractivity contribution >= 4 is 5.91 Å². The summed E-state index contributed by atoms with van der Waals surface area (Å²) in [6.45, 7) is 5.12. The molecule has 0 spiro atoms. The first-order valence-electron chi connectivity index (χ1n) is 10.9. The average Bonchev–Trinajstić information content (AvgIpc) is 2.67. The number of rotatable bonds is 15. The maximum Gasteiger partial charge on any atom is 0.222 e. The Balaban J connectivity index is 1.85. The molecule has 0 saturated carbocycles. The Morgan fingerprint density at radius 1 is 1.00 bits per heavy atom. The van der Waals surface area contributed by atoms with Gasteiger partial charge in [-0.2, -0.15) is 0 Å². The van der Waals surface area contributed by atoms with Crippen molar-refractivity contribution in [1.82, 2.24) is 4.90 Å². The fourth-order valence-electron chi connectivity index (χ4n) is 3.34. The predicted octanol–water partition coefficient (Wildman–Crippen LogP) is 4.85. The minimum absolute atomic E-state index is 0.160. The highest BCUT2D eigenvalue weighted by atomic mass is 16.5. The molecule has 1 amide bonds. The van der Waals surface area contributed by atoms with Gasteiger partial charge >= 0.3 is 0 Å². The number of carbonyl (C=O) groups is 1. The van der Waals surface area contributed by atoms with Crippen molar-refractivity contribution in [3.05, 3.63) is 12.2 Å². The number of allylic oxidation sites excluding steroid dienone is 1. The Hall–Kier alpha value is -0.870. The van der Waals surface area contributed by atoms with Crippen LogP contribution in [0, 0.1) is 0 Å². The van der Waals surface area contributed by atoms with Gasteiger partial charge in [0.25, 0.3) is 0 Å². The van der Waals surface area contributed by atoms with Gasteiger partial charge in [0.15, 0.2) is 0 Å². The first-order valence-corrected chi connectivity index (χ1v) is 10.9. The van der Waals surface area contributed by atoms with Crippen molar-refractivity contribution in [2.75, 3.05) is 26.3 Å². The van der Waals surface area contributed by atoms with Gasteiger partial charge in [-0.05, 0) is 32.1 Å². The van der Waals surface area contributed by atoms with Crippen molar-refractivity contribution in [2.24, 2.45) is 0 Å². The van der Waals surface area contributed by atoms with Gasteiger partial charge in [-0.3, -0.25) is 4.79 Å². The SMILES string of the molecule is CCCCCC[C@@H](O)C/C=C/CCCCCCCC(=O)N1CCOCC1. The third-order valence-corrected chi connectivity index (χ3v) is 5.09. The minimum Gasteiger partial charge on any atom is -0.393 e. The molecule has 0 aromatic heterocycles. The van der Waals surface area contributed by atoms with Crippen molar-refractivity contribution < 1.29 is 14.6 Å². The first kappa shape index (κ1) is 23.2. The van der Waals surface area contributed by atoms with E-state index in [1.807, 2.05) is 4.90 Å². The third-order valence-electron chi connectivity index (χ3n) is 5.09. The maximum atomic E-state index is 12.0. The Morgan fingerprint density at radius 2 is 1.69 bits per heavy atom. The molecular formula is C22H41NO3. The summed E-state index contributed by atoms with van der Waals surface area (Å²) in [5.41, 5.74) is 0. The Morgan fingerprint density at radius 3 is 2.46 bits per heavy atom. The average molecular weight is 368 g/mol. The lowest BCUT2D eigenvalue weighted by molar-refractivity contribution is -0.135. The fourth-order valence-corrected chi connectivity index (χ4v) is 3.34. The molecule has 4 heteroatoms. The van der Waals surface area contributed by atoms with Gasteiger partial charge in [-0.15, -0.1) is 0 Å². The van der Waals surface area contributed by atoms with Crippen molar-refractivity contribution in [2.45, 2.75) is 96.5 Å². The monoisotopic (exact) mass is 367 g/mol. The summed E-state index contributed by atoms with van der Waals surface area (Å²) >= 11 is 0. The Bertz CT molecular complexity index is 364. The zero-order valence-electron chi connectivity index (χ0n) is 17.0. The molecule has 0 aliphatic carbocycles. The van der Waals surface area contributed by atoms with E-state index in [1.54, 1.807) is 0 Å². The molecule has 4 nitrogen and oxygen atoms in total. The molecule has 0 unspecified atom stereocenters. The number of amides is 1. The zero-order valence-corrected chi connectivity index (χ0v) is 17.0. The second kappa shape index (κ2) is 16.3. The smallest absolute Gasteiger partial charge is 0.222 e. The second-order valence-corrected chi connectivity index (χ2v) is 7.51. The van der Waals surface area contributed by atoms with Crippen LogP contribution in [-0.4, -0.2) is 48.3 Å².